The molecule has 0 aliphatic rings. The molecular formula is C8H8F5NOS. The molecule has 0 heterocycles. The SMILES string of the molecule is CN(C=O)c1cccc(S(F)(F)(F)(F)F)c1. The molecule has 16 heavy (non-hydrogen) atoms. The van der Waals surface area contributed by atoms with Gasteiger partial charge in [0, 0.05) is 12.7 Å². The van der Waals surface area contributed by atoms with E-state index in [1.807, 2.05) is 0 Å². The molecule has 1 amide bonds. The summed E-state index contributed by atoms with van der Waals surface area (Å²) in [6.45, 7) is 0. The second-order valence-corrected chi connectivity index (χ2v) is 5.59. The number of benzene rings is 1. The highest BCUT2D eigenvalue weighted by atomic mass is 32.5. The van der Waals surface area contributed by atoms with Gasteiger partial charge in [0.25, 0.3) is 0 Å². The first-order chi connectivity index (χ1) is 6.94. The van der Waals surface area contributed by atoms with Gasteiger partial charge in [-0.05, 0) is 18.2 Å². The fourth-order valence-corrected chi connectivity index (χ4v) is 1.68. The molecule has 1 rings (SSSR count). The maximum Gasteiger partial charge on any atom is 0.310 e. The summed E-state index contributed by atoms with van der Waals surface area (Å²) >= 11 is 0. The zero-order chi connectivity index (χ0) is 12.7. The normalized spacial score (nSPS) is 16.1. The van der Waals surface area contributed by atoms with Crippen molar-refractivity contribution in [3.05, 3.63) is 24.3 Å². The highest BCUT2D eigenvalue weighted by Gasteiger charge is 2.65. The predicted octanol–water partition coefficient (Wildman–Crippen LogP) is 3.94. The number of carbonyl (C=O) groups is 1. The summed E-state index contributed by atoms with van der Waals surface area (Å²) in [7, 11) is -8.50. The van der Waals surface area contributed by atoms with Gasteiger partial charge in [-0.3, -0.25) is 4.79 Å². The Morgan fingerprint density at radius 2 is 1.75 bits per heavy atom. The van der Waals surface area contributed by atoms with E-state index in [1.165, 1.54) is 0 Å². The van der Waals surface area contributed by atoms with Crippen molar-refractivity contribution in [2.75, 3.05) is 11.9 Å². The minimum Gasteiger partial charge on any atom is -0.318 e. The third kappa shape index (κ3) is 2.84. The molecule has 0 unspecified atom stereocenters. The lowest BCUT2D eigenvalue weighted by Crippen LogP contribution is -2.14. The van der Waals surface area contributed by atoms with Gasteiger partial charge in [-0.15, -0.1) is 0 Å². The number of nitrogens with zero attached hydrogens (tertiary/aromatic N) is 1. The Labute approximate surface area is 88.4 Å². The van der Waals surface area contributed by atoms with Crippen LogP contribution in [0.2, 0.25) is 0 Å². The first kappa shape index (κ1) is 12.8. The number of hydrogen-bond acceptors (Lipinski definition) is 1. The highest BCUT2D eigenvalue weighted by Crippen LogP contribution is 3.02. The van der Waals surface area contributed by atoms with E-state index in [1.54, 1.807) is 0 Å². The minimum absolute atomic E-state index is 0.227. The van der Waals surface area contributed by atoms with E-state index in [2.05, 4.69) is 0 Å². The van der Waals surface area contributed by atoms with E-state index in [9.17, 15) is 24.2 Å². The van der Waals surface area contributed by atoms with Crippen molar-refractivity contribution in [1.82, 2.24) is 0 Å². The summed E-state index contributed by atoms with van der Waals surface area (Å²) < 4.78 is 61.9. The number of anilines is 1. The van der Waals surface area contributed by atoms with Gasteiger partial charge < -0.3 is 4.90 Å². The molecule has 0 spiro atoms. The van der Waals surface area contributed by atoms with Gasteiger partial charge in [0.2, 0.25) is 6.41 Å². The van der Waals surface area contributed by atoms with Crippen molar-refractivity contribution in [3.63, 3.8) is 0 Å². The smallest absolute Gasteiger partial charge is 0.310 e. The molecule has 0 aliphatic carbocycles. The average molecular weight is 261 g/mol. The van der Waals surface area contributed by atoms with Crippen molar-refractivity contribution >= 4 is 22.3 Å². The molecule has 8 heteroatoms. The van der Waals surface area contributed by atoms with Crippen LogP contribution in [0.5, 0.6) is 0 Å². The first-order valence-corrected chi connectivity index (χ1v) is 5.91. The topological polar surface area (TPSA) is 20.3 Å². The van der Waals surface area contributed by atoms with E-state index in [0.717, 1.165) is 24.1 Å². The third-order valence-electron chi connectivity index (χ3n) is 1.83. The Bertz CT molecular complexity index is 429. The summed E-state index contributed by atoms with van der Waals surface area (Å²) in [5, 5.41) is 0. The van der Waals surface area contributed by atoms with Gasteiger partial charge in [-0.25, -0.2) is 0 Å². The molecular weight excluding hydrogens is 253 g/mol. The zero-order valence-electron chi connectivity index (χ0n) is 8.04. The van der Waals surface area contributed by atoms with E-state index >= 15 is 0 Å². The van der Waals surface area contributed by atoms with E-state index in [0.29, 0.717) is 0 Å². The Balaban J connectivity index is 3.36. The van der Waals surface area contributed by atoms with Gasteiger partial charge in [0.05, 0.1) is 0 Å². The molecule has 2 nitrogen and oxygen atoms in total. The molecule has 1 aromatic rings. The van der Waals surface area contributed by atoms with Crippen LogP contribution in [0.4, 0.5) is 25.1 Å². The van der Waals surface area contributed by atoms with Crippen LogP contribution in [0.15, 0.2) is 29.2 Å². The molecule has 0 fully saturated rings. The molecule has 0 atom stereocenters. The molecule has 0 bridgehead atoms. The largest absolute Gasteiger partial charge is 0.318 e. The van der Waals surface area contributed by atoms with Gasteiger partial charge in [-0.2, -0.15) is 0 Å². The fraction of sp³-hybridized carbons (Fsp3) is 0.125. The standard InChI is InChI=1S/C8H8F5NOS/c1-14(6-15)7-3-2-4-8(5-7)16(9,10,11,12)13/h2-6H,1H3. The van der Waals surface area contributed by atoms with Crippen LogP contribution in [0.3, 0.4) is 0 Å². The van der Waals surface area contributed by atoms with E-state index in [4.69, 9.17) is 0 Å². The van der Waals surface area contributed by atoms with Gasteiger partial charge in [0.1, 0.15) is 4.90 Å². The van der Waals surface area contributed by atoms with Crippen LogP contribution in [0.1, 0.15) is 0 Å². The summed E-state index contributed by atoms with van der Waals surface area (Å²) in [6.07, 6.45) is 0.227. The van der Waals surface area contributed by atoms with Crippen molar-refractivity contribution in [2.24, 2.45) is 0 Å². The van der Waals surface area contributed by atoms with Gasteiger partial charge >= 0.3 is 10.2 Å². The average Bonchev–Trinajstić information content (AvgIpc) is 2.13. The van der Waals surface area contributed by atoms with Crippen LogP contribution in [-0.2, 0) is 4.79 Å². The molecule has 0 aromatic heterocycles. The Kier molecular flexibility index (Phi) is 2.29. The fourth-order valence-electron chi connectivity index (χ4n) is 1.00. The highest BCUT2D eigenvalue weighted by molar-refractivity contribution is 8.45. The number of carbonyl (C=O) groups excluding carboxylic acids is 1. The second kappa shape index (κ2) is 2.88. The van der Waals surface area contributed by atoms with Crippen LogP contribution < -0.4 is 4.90 Å². The van der Waals surface area contributed by atoms with Crippen molar-refractivity contribution < 1.29 is 24.2 Å². The number of hydrogen-bond donors (Lipinski definition) is 0. The van der Waals surface area contributed by atoms with Crippen LogP contribution in [-0.4, -0.2) is 13.5 Å². The monoisotopic (exact) mass is 261 g/mol. The predicted molar refractivity (Wildman–Crippen MR) is 52.3 cm³/mol. The number of rotatable bonds is 3. The summed E-state index contributed by atoms with van der Waals surface area (Å²) in [4.78, 5) is 9.06. The Hall–Kier alpha value is -1.31. The maximum atomic E-state index is 12.4. The van der Waals surface area contributed by atoms with Crippen LogP contribution >= 0.6 is 10.2 Å². The lowest BCUT2D eigenvalue weighted by Gasteiger charge is -2.40. The summed E-state index contributed by atoms with van der Waals surface area (Å²) in [5.41, 5.74) is -0.249. The second-order valence-electron chi connectivity index (χ2n) is 3.18. The summed E-state index contributed by atoms with van der Waals surface area (Å²) in [6, 6.07) is 2.48. The summed E-state index contributed by atoms with van der Waals surface area (Å²) in [5.74, 6) is 0. The van der Waals surface area contributed by atoms with Crippen LogP contribution in [0.25, 0.3) is 0 Å². The zero-order valence-corrected chi connectivity index (χ0v) is 8.86. The van der Waals surface area contributed by atoms with Crippen LogP contribution in [0, 0.1) is 0 Å². The van der Waals surface area contributed by atoms with E-state index in [-0.39, 0.29) is 24.2 Å². The molecule has 0 N–H and O–H groups in total. The molecule has 92 valence electrons. The lowest BCUT2D eigenvalue weighted by atomic mass is 10.3. The third-order valence-corrected chi connectivity index (χ3v) is 2.97. The lowest BCUT2D eigenvalue weighted by molar-refractivity contribution is -0.107. The molecule has 0 radical (unpaired) electrons. The quantitative estimate of drug-likeness (QED) is 0.596. The number of amides is 1. The van der Waals surface area contributed by atoms with E-state index < -0.39 is 15.1 Å². The Morgan fingerprint density at radius 1 is 1.19 bits per heavy atom. The van der Waals surface area contributed by atoms with Crippen molar-refractivity contribution in [2.45, 2.75) is 4.90 Å². The molecule has 0 aliphatic heterocycles. The van der Waals surface area contributed by atoms with Gasteiger partial charge in [-0.1, -0.05) is 25.5 Å². The van der Waals surface area contributed by atoms with Crippen molar-refractivity contribution in [3.8, 4) is 0 Å². The Morgan fingerprint density at radius 3 is 2.19 bits per heavy atom. The molecule has 0 saturated carbocycles. The minimum atomic E-state index is -9.67. The maximum absolute atomic E-state index is 12.4. The van der Waals surface area contributed by atoms with Gasteiger partial charge in [0.15, 0.2) is 0 Å². The first-order valence-electron chi connectivity index (χ1n) is 3.96. The number of halogens is 5. The molecule has 1 aromatic carbocycles. The molecule has 0 saturated heterocycles. The van der Waals surface area contributed by atoms with Crippen molar-refractivity contribution in [1.29, 1.82) is 0 Å².